The second kappa shape index (κ2) is 4.99. The summed E-state index contributed by atoms with van der Waals surface area (Å²) in [4.78, 5) is 50.1. The molecule has 0 radical (unpaired) electrons. The molecule has 1 aromatic rings. The van der Waals surface area contributed by atoms with Crippen LogP contribution in [0.15, 0.2) is 15.8 Å². The first-order valence-corrected chi connectivity index (χ1v) is 5.33. The van der Waals surface area contributed by atoms with Gasteiger partial charge in [0, 0.05) is 20.3 Å². The lowest BCUT2D eigenvalue weighted by atomic mass is 10.2. The molecular formula is C11H15N3O4. The van der Waals surface area contributed by atoms with Crippen LogP contribution in [0.5, 0.6) is 0 Å². The lowest BCUT2D eigenvalue weighted by Gasteiger charge is -2.18. The molecule has 1 heterocycles. The van der Waals surface area contributed by atoms with Gasteiger partial charge in [-0.25, -0.2) is 9.36 Å². The average molecular weight is 253 g/mol. The minimum absolute atomic E-state index is 0.145. The molecule has 0 aliphatic carbocycles. The first-order valence-electron chi connectivity index (χ1n) is 5.33. The topological polar surface area (TPSA) is 92.2 Å². The number of rotatable bonds is 3. The van der Waals surface area contributed by atoms with Crippen LogP contribution in [0.4, 0.5) is 0 Å². The molecule has 0 saturated carbocycles. The van der Waals surface area contributed by atoms with Crippen molar-refractivity contribution < 1.29 is 9.59 Å². The fourth-order valence-corrected chi connectivity index (χ4v) is 1.58. The predicted octanol–water partition coefficient (Wildman–Crippen LogP) is -0.612. The molecule has 0 aliphatic rings. The molecule has 98 valence electrons. The Morgan fingerprint density at radius 3 is 2.33 bits per heavy atom. The summed E-state index contributed by atoms with van der Waals surface area (Å²) in [6.07, 6.45) is 1.07. The third kappa shape index (κ3) is 2.39. The Labute approximate surface area is 103 Å². The molecule has 7 heteroatoms. The van der Waals surface area contributed by atoms with Gasteiger partial charge in [-0.15, -0.1) is 0 Å². The number of aromatic nitrogens is 2. The highest BCUT2D eigenvalue weighted by atomic mass is 16.2. The van der Waals surface area contributed by atoms with Crippen molar-refractivity contribution in [1.82, 2.24) is 14.5 Å². The molecule has 1 N–H and O–H groups in total. The Hall–Kier alpha value is -2.18. The van der Waals surface area contributed by atoms with Gasteiger partial charge in [-0.2, -0.15) is 0 Å². The molecule has 0 saturated heterocycles. The minimum atomic E-state index is -0.962. The van der Waals surface area contributed by atoms with Crippen LogP contribution in [0, 0.1) is 0 Å². The van der Waals surface area contributed by atoms with Crippen LogP contribution in [-0.2, 0) is 4.79 Å². The third-order valence-electron chi connectivity index (χ3n) is 2.57. The Morgan fingerprint density at radius 2 is 1.89 bits per heavy atom. The number of nitrogens with zero attached hydrogens (tertiary/aromatic N) is 2. The number of H-pyrrole nitrogens is 1. The van der Waals surface area contributed by atoms with Crippen molar-refractivity contribution in [2.45, 2.75) is 19.9 Å². The van der Waals surface area contributed by atoms with Crippen molar-refractivity contribution in [2.24, 2.45) is 0 Å². The molecule has 1 aromatic heterocycles. The van der Waals surface area contributed by atoms with E-state index in [1.165, 1.54) is 32.8 Å². The van der Waals surface area contributed by atoms with Crippen LogP contribution in [0.25, 0.3) is 0 Å². The second-order valence-electron chi connectivity index (χ2n) is 4.15. The number of Topliss-reactive ketones (excluding diaryl/α,β-unsaturated/α-hetero) is 1. The Kier molecular flexibility index (Phi) is 3.85. The molecular weight excluding hydrogens is 238 g/mol. The van der Waals surface area contributed by atoms with E-state index in [4.69, 9.17) is 0 Å². The molecule has 7 nitrogen and oxygen atoms in total. The molecule has 18 heavy (non-hydrogen) atoms. The zero-order chi connectivity index (χ0) is 14.0. The van der Waals surface area contributed by atoms with Crippen LogP contribution >= 0.6 is 0 Å². The molecule has 1 unspecified atom stereocenters. The zero-order valence-electron chi connectivity index (χ0n) is 10.7. The van der Waals surface area contributed by atoms with E-state index in [0.29, 0.717) is 0 Å². The van der Waals surface area contributed by atoms with Gasteiger partial charge in [0.15, 0.2) is 5.78 Å². The van der Waals surface area contributed by atoms with E-state index in [0.717, 1.165) is 10.8 Å². The maximum Gasteiger partial charge on any atom is 0.329 e. The van der Waals surface area contributed by atoms with Gasteiger partial charge in [0.1, 0.15) is 6.04 Å². The Balaban J connectivity index is 3.46. The van der Waals surface area contributed by atoms with Crippen LogP contribution < -0.4 is 11.2 Å². The summed E-state index contributed by atoms with van der Waals surface area (Å²) >= 11 is 0. The van der Waals surface area contributed by atoms with Gasteiger partial charge >= 0.3 is 5.69 Å². The van der Waals surface area contributed by atoms with Gasteiger partial charge in [0.2, 0.25) is 5.91 Å². The molecule has 0 aliphatic heterocycles. The van der Waals surface area contributed by atoms with Crippen molar-refractivity contribution in [2.75, 3.05) is 14.1 Å². The highest BCUT2D eigenvalue weighted by molar-refractivity contribution is 5.93. The second-order valence-corrected chi connectivity index (χ2v) is 4.15. The molecule has 1 atom stereocenters. The molecule has 0 aromatic carbocycles. The summed E-state index contributed by atoms with van der Waals surface area (Å²) in [5.74, 6) is -0.863. The van der Waals surface area contributed by atoms with E-state index in [9.17, 15) is 19.2 Å². The maximum absolute atomic E-state index is 12.0. The normalized spacial score (nSPS) is 12.0. The maximum atomic E-state index is 12.0. The first-order chi connectivity index (χ1) is 8.27. The summed E-state index contributed by atoms with van der Waals surface area (Å²) in [7, 11) is 3.04. The van der Waals surface area contributed by atoms with Gasteiger partial charge in [-0.1, -0.05) is 0 Å². The number of amides is 1. The standard InChI is InChI=1S/C11H15N3O4/c1-6(9(16)13(3)4)14-10(17)8(7(2)15)5-12-11(14)18/h5-6H,1-4H3,(H,12,18). The van der Waals surface area contributed by atoms with Crippen molar-refractivity contribution in [3.05, 3.63) is 32.6 Å². The molecule has 0 spiro atoms. The van der Waals surface area contributed by atoms with Gasteiger partial charge in [0.05, 0.1) is 5.56 Å². The van der Waals surface area contributed by atoms with Crippen LogP contribution in [0.1, 0.15) is 30.2 Å². The monoisotopic (exact) mass is 253 g/mol. The van der Waals surface area contributed by atoms with Gasteiger partial charge < -0.3 is 9.88 Å². The number of aromatic amines is 1. The third-order valence-corrected chi connectivity index (χ3v) is 2.57. The van der Waals surface area contributed by atoms with E-state index in [-0.39, 0.29) is 5.56 Å². The Morgan fingerprint density at radius 1 is 1.33 bits per heavy atom. The number of carbonyl (C=O) groups is 2. The fourth-order valence-electron chi connectivity index (χ4n) is 1.58. The number of hydrogen-bond acceptors (Lipinski definition) is 4. The summed E-state index contributed by atoms with van der Waals surface area (Å²) in [5, 5.41) is 0. The van der Waals surface area contributed by atoms with Gasteiger partial charge in [0.25, 0.3) is 5.56 Å². The van der Waals surface area contributed by atoms with Crippen molar-refractivity contribution in [3.63, 3.8) is 0 Å². The van der Waals surface area contributed by atoms with E-state index in [1.807, 2.05) is 0 Å². The first kappa shape index (κ1) is 13.9. The van der Waals surface area contributed by atoms with Crippen LogP contribution in [0.3, 0.4) is 0 Å². The van der Waals surface area contributed by atoms with Gasteiger partial charge in [-0.05, 0) is 13.8 Å². The molecule has 0 fully saturated rings. The number of likely N-dealkylation sites (N-methyl/N-ethyl adjacent to an activating group) is 1. The van der Waals surface area contributed by atoms with E-state index < -0.39 is 29.0 Å². The number of nitrogens with one attached hydrogen (secondary N) is 1. The summed E-state index contributed by atoms with van der Waals surface area (Å²) in [5.41, 5.74) is -1.62. The van der Waals surface area contributed by atoms with E-state index >= 15 is 0 Å². The highest BCUT2D eigenvalue weighted by Crippen LogP contribution is 2.02. The van der Waals surface area contributed by atoms with E-state index in [1.54, 1.807) is 0 Å². The average Bonchev–Trinajstić information content (AvgIpc) is 2.27. The lowest BCUT2D eigenvalue weighted by molar-refractivity contribution is -0.131. The summed E-state index contributed by atoms with van der Waals surface area (Å²) < 4.78 is 0.749. The zero-order valence-corrected chi connectivity index (χ0v) is 10.7. The van der Waals surface area contributed by atoms with Crippen LogP contribution in [0.2, 0.25) is 0 Å². The largest absolute Gasteiger partial charge is 0.347 e. The molecule has 1 rings (SSSR count). The van der Waals surface area contributed by atoms with Crippen LogP contribution in [-0.4, -0.2) is 40.2 Å². The fraction of sp³-hybridized carbons (Fsp3) is 0.455. The quantitative estimate of drug-likeness (QED) is 0.727. The number of hydrogen-bond donors (Lipinski definition) is 1. The molecule has 1 amide bonds. The minimum Gasteiger partial charge on any atom is -0.347 e. The van der Waals surface area contributed by atoms with Crippen molar-refractivity contribution >= 4 is 11.7 Å². The predicted molar refractivity (Wildman–Crippen MR) is 64.7 cm³/mol. The highest BCUT2D eigenvalue weighted by Gasteiger charge is 2.22. The SMILES string of the molecule is CC(=O)c1c[nH]c(=O)n(C(C)C(=O)N(C)C)c1=O. The summed E-state index contributed by atoms with van der Waals surface area (Å²) in [6, 6.07) is -0.962. The van der Waals surface area contributed by atoms with Crippen molar-refractivity contribution in [3.8, 4) is 0 Å². The lowest BCUT2D eigenvalue weighted by Crippen LogP contribution is -2.44. The van der Waals surface area contributed by atoms with E-state index in [2.05, 4.69) is 4.98 Å². The summed E-state index contributed by atoms with van der Waals surface area (Å²) in [6.45, 7) is 2.65. The number of carbonyl (C=O) groups excluding carboxylic acids is 2. The Bertz CT molecular complexity index is 597. The molecule has 0 bridgehead atoms. The van der Waals surface area contributed by atoms with Crippen molar-refractivity contribution in [1.29, 1.82) is 0 Å². The smallest absolute Gasteiger partial charge is 0.329 e. The van der Waals surface area contributed by atoms with Gasteiger partial charge in [-0.3, -0.25) is 14.4 Å². The number of ketones is 1.